The van der Waals surface area contributed by atoms with Gasteiger partial charge >= 0.3 is 12.0 Å². The van der Waals surface area contributed by atoms with Crippen molar-refractivity contribution in [3.8, 4) is 0 Å². The summed E-state index contributed by atoms with van der Waals surface area (Å²) in [4.78, 5) is 36.4. The number of imide groups is 1. The molecule has 0 spiro atoms. The Morgan fingerprint density at radius 3 is 2.46 bits per heavy atom. The average molecular weight is 387 g/mol. The molecule has 0 bridgehead atoms. The van der Waals surface area contributed by atoms with Crippen LogP contribution >= 0.6 is 0 Å². The SMILES string of the molecule is C[C@H](OC(=O)c1ccccc1NCc1ccco1)C(=O)NC(=O)NC(C)(C)C. The lowest BCUT2D eigenvalue weighted by Crippen LogP contribution is -2.50. The van der Waals surface area contributed by atoms with E-state index < -0.39 is 29.6 Å². The van der Waals surface area contributed by atoms with E-state index in [1.807, 2.05) is 6.07 Å². The highest BCUT2D eigenvalue weighted by Crippen LogP contribution is 2.18. The Labute approximate surface area is 163 Å². The molecule has 3 amide bonds. The van der Waals surface area contributed by atoms with Crippen LogP contribution < -0.4 is 16.0 Å². The van der Waals surface area contributed by atoms with Gasteiger partial charge in [0.2, 0.25) is 0 Å². The van der Waals surface area contributed by atoms with Crippen molar-refractivity contribution in [3.63, 3.8) is 0 Å². The zero-order valence-electron chi connectivity index (χ0n) is 16.4. The van der Waals surface area contributed by atoms with E-state index in [9.17, 15) is 14.4 Å². The zero-order valence-corrected chi connectivity index (χ0v) is 16.4. The molecule has 0 unspecified atom stereocenters. The molecule has 8 heteroatoms. The molecule has 3 N–H and O–H groups in total. The number of furan rings is 1. The van der Waals surface area contributed by atoms with Crippen molar-refractivity contribution in [1.29, 1.82) is 0 Å². The third-order valence-electron chi connectivity index (χ3n) is 3.56. The van der Waals surface area contributed by atoms with Crippen LogP contribution in [0.3, 0.4) is 0 Å². The van der Waals surface area contributed by atoms with Crippen molar-refractivity contribution in [1.82, 2.24) is 10.6 Å². The average Bonchev–Trinajstić information content (AvgIpc) is 3.11. The van der Waals surface area contributed by atoms with Gasteiger partial charge in [-0.25, -0.2) is 9.59 Å². The molecular weight excluding hydrogens is 362 g/mol. The van der Waals surface area contributed by atoms with Crippen LogP contribution in [0.2, 0.25) is 0 Å². The maximum Gasteiger partial charge on any atom is 0.341 e. The fourth-order valence-corrected chi connectivity index (χ4v) is 2.27. The predicted octanol–water partition coefficient (Wildman–Crippen LogP) is 3.06. The molecule has 0 aliphatic heterocycles. The first-order chi connectivity index (χ1) is 13.2. The molecule has 150 valence electrons. The van der Waals surface area contributed by atoms with E-state index in [-0.39, 0.29) is 5.56 Å². The van der Waals surface area contributed by atoms with Crippen molar-refractivity contribution in [3.05, 3.63) is 54.0 Å². The van der Waals surface area contributed by atoms with Gasteiger partial charge in [0.05, 0.1) is 18.4 Å². The van der Waals surface area contributed by atoms with Crippen LogP contribution in [-0.2, 0) is 16.1 Å². The molecular formula is C20H25N3O5. The molecule has 0 aliphatic rings. The molecule has 8 nitrogen and oxygen atoms in total. The molecule has 1 aromatic carbocycles. The largest absolute Gasteiger partial charge is 0.467 e. The van der Waals surface area contributed by atoms with Crippen molar-refractivity contribution in [2.75, 3.05) is 5.32 Å². The van der Waals surface area contributed by atoms with Crippen molar-refractivity contribution < 1.29 is 23.5 Å². The summed E-state index contributed by atoms with van der Waals surface area (Å²) in [6.07, 6.45) is 0.421. The Kier molecular flexibility index (Phi) is 6.81. The van der Waals surface area contributed by atoms with Gasteiger partial charge in [-0.3, -0.25) is 10.1 Å². The second-order valence-corrected chi connectivity index (χ2v) is 7.22. The minimum atomic E-state index is -1.14. The molecule has 0 aliphatic carbocycles. The fourth-order valence-electron chi connectivity index (χ4n) is 2.27. The van der Waals surface area contributed by atoms with E-state index >= 15 is 0 Å². The number of esters is 1. The lowest BCUT2D eigenvalue weighted by atomic mass is 10.1. The van der Waals surface area contributed by atoms with Gasteiger partial charge in [-0.2, -0.15) is 0 Å². The van der Waals surface area contributed by atoms with Gasteiger partial charge in [0, 0.05) is 11.2 Å². The van der Waals surface area contributed by atoms with Gasteiger partial charge in [0.15, 0.2) is 6.10 Å². The Bertz CT molecular complexity index is 825. The summed E-state index contributed by atoms with van der Waals surface area (Å²) in [5.74, 6) is -0.682. The molecule has 1 aromatic heterocycles. The quantitative estimate of drug-likeness (QED) is 0.657. The van der Waals surface area contributed by atoms with Crippen LogP contribution in [0, 0.1) is 0 Å². The van der Waals surface area contributed by atoms with Crippen molar-refractivity contribution in [2.24, 2.45) is 0 Å². The first-order valence-corrected chi connectivity index (χ1v) is 8.85. The lowest BCUT2D eigenvalue weighted by Gasteiger charge is -2.21. The number of urea groups is 1. The summed E-state index contributed by atoms with van der Waals surface area (Å²) in [6, 6.07) is 9.70. The summed E-state index contributed by atoms with van der Waals surface area (Å²) >= 11 is 0. The van der Waals surface area contributed by atoms with E-state index in [2.05, 4.69) is 16.0 Å². The monoisotopic (exact) mass is 387 g/mol. The highest BCUT2D eigenvalue weighted by molar-refractivity contribution is 6.00. The topological polar surface area (TPSA) is 110 Å². The number of carbonyl (C=O) groups excluding carboxylic acids is 3. The molecule has 1 atom stereocenters. The van der Waals surface area contributed by atoms with Gasteiger partial charge in [0.25, 0.3) is 5.91 Å². The van der Waals surface area contributed by atoms with Crippen LogP contribution in [0.1, 0.15) is 43.8 Å². The number of nitrogens with one attached hydrogen (secondary N) is 3. The smallest absolute Gasteiger partial charge is 0.341 e. The number of amides is 3. The summed E-state index contributed by atoms with van der Waals surface area (Å²) in [5, 5.41) is 7.85. The molecule has 28 heavy (non-hydrogen) atoms. The summed E-state index contributed by atoms with van der Waals surface area (Å²) in [5.41, 5.74) is 0.318. The minimum absolute atomic E-state index is 0.271. The summed E-state index contributed by atoms with van der Waals surface area (Å²) in [6.45, 7) is 7.14. The van der Waals surface area contributed by atoms with Gasteiger partial charge in [-0.05, 0) is 52.0 Å². The molecule has 2 rings (SSSR count). The highest BCUT2D eigenvalue weighted by atomic mass is 16.5. The van der Waals surface area contributed by atoms with E-state index in [1.165, 1.54) is 6.92 Å². The maximum atomic E-state index is 12.5. The first kappa shape index (κ1) is 21.0. The third kappa shape index (κ3) is 6.46. The summed E-state index contributed by atoms with van der Waals surface area (Å²) < 4.78 is 10.5. The number of benzene rings is 1. The van der Waals surface area contributed by atoms with Crippen molar-refractivity contribution in [2.45, 2.75) is 45.9 Å². The third-order valence-corrected chi connectivity index (χ3v) is 3.56. The Hall–Kier alpha value is -3.29. The molecule has 0 fully saturated rings. The number of rotatable bonds is 6. The summed E-state index contributed by atoms with van der Waals surface area (Å²) in [7, 11) is 0. The Balaban J connectivity index is 1.96. The van der Waals surface area contributed by atoms with E-state index in [4.69, 9.17) is 9.15 Å². The lowest BCUT2D eigenvalue weighted by molar-refractivity contribution is -0.127. The second-order valence-electron chi connectivity index (χ2n) is 7.22. The Morgan fingerprint density at radius 1 is 1.11 bits per heavy atom. The van der Waals surface area contributed by atoms with Gasteiger partial charge in [-0.1, -0.05) is 12.1 Å². The van der Waals surface area contributed by atoms with Crippen LogP contribution in [-0.4, -0.2) is 29.6 Å². The number of ether oxygens (including phenoxy) is 1. The normalized spacial score (nSPS) is 12.0. The number of para-hydroxylation sites is 1. The van der Waals surface area contributed by atoms with Crippen LogP contribution in [0.4, 0.5) is 10.5 Å². The van der Waals surface area contributed by atoms with Gasteiger partial charge in [-0.15, -0.1) is 0 Å². The molecule has 1 heterocycles. The number of hydrogen-bond acceptors (Lipinski definition) is 6. The fraction of sp³-hybridized carbons (Fsp3) is 0.350. The number of carbonyl (C=O) groups is 3. The molecule has 0 radical (unpaired) electrons. The minimum Gasteiger partial charge on any atom is -0.467 e. The van der Waals surface area contributed by atoms with Gasteiger partial charge in [0.1, 0.15) is 5.76 Å². The Morgan fingerprint density at radius 2 is 1.82 bits per heavy atom. The number of anilines is 1. The van der Waals surface area contributed by atoms with E-state index in [1.54, 1.807) is 57.4 Å². The molecule has 2 aromatic rings. The zero-order chi connectivity index (χ0) is 20.7. The van der Waals surface area contributed by atoms with Crippen LogP contribution in [0.25, 0.3) is 0 Å². The number of hydrogen-bond donors (Lipinski definition) is 3. The standard InChI is InChI=1S/C20H25N3O5/c1-13(17(24)22-19(26)23-20(2,3)4)28-18(25)15-9-5-6-10-16(15)21-12-14-8-7-11-27-14/h5-11,13,21H,12H2,1-4H3,(H2,22,23,24,26)/t13-/m0/s1. The first-order valence-electron chi connectivity index (χ1n) is 8.85. The van der Waals surface area contributed by atoms with Crippen LogP contribution in [0.15, 0.2) is 47.1 Å². The van der Waals surface area contributed by atoms with E-state index in [0.29, 0.717) is 18.0 Å². The molecule has 0 saturated carbocycles. The highest BCUT2D eigenvalue weighted by Gasteiger charge is 2.23. The van der Waals surface area contributed by atoms with Crippen molar-refractivity contribution >= 4 is 23.6 Å². The molecule has 0 saturated heterocycles. The predicted molar refractivity (Wildman–Crippen MR) is 104 cm³/mol. The maximum absolute atomic E-state index is 12.5. The second kappa shape index (κ2) is 9.07. The van der Waals surface area contributed by atoms with Gasteiger partial charge < -0.3 is 19.8 Å². The van der Waals surface area contributed by atoms with E-state index in [0.717, 1.165) is 0 Å². The van der Waals surface area contributed by atoms with Crippen LogP contribution in [0.5, 0.6) is 0 Å².